The first-order valence-electron chi connectivity index (χ1n) is 6.75. The molecule has 20 heavy (non-hydrogen) atoms. The molecule has 0 saturated carbocycles. The number of aromatic nitrogens is 2. The molecule has 1 aromatic heterocycles. The van der Waals surface area contributed by atoms with Crippen molar-refractivity contribution >= 4 is 5.91 Å². The number of benzene rings is 1. The minimum absolute atomic E-state index is 0.179. The van der Waals surface area contributed by atoms with Crippen molar-refractivity contribution in [1.82, 2.24) is 20.4 Å². The molecule has 0 radical (unpaired) electrons. The molecule has 1 unspecified atom stereocenters. The fraction of sp³-hybridized carbons (Fsp3) is 0.333. The van der Waals surface area contributed by atoms with E-state index in [1.54, 1.807) is 24.0 Å². The largest absolute Gasteiger partial charge is 0.354 e. The van der Waals surface area contributed by atoms with Gasteiger partial charge >= 0.3 is 0 Å². The molecule has 0 aliphatic heterocycles. The zero-order valence-electron chi connectivity index (χ0n) is 12.1. The van der Waals surface area contributed by atoms with E-state index in [0.29, 0.717) is 11.7 Å². The lowest BCUT2D eigenvalue weighted by Crippen LogP contribution is -2.18. The van der Waals surface area contributed by atoms with Crippen molar-refractivity contribution in [2.75, 3.05) is 14.1 Å². The molecule has 0 fully saturated rings. The molecular weight excluding hydrogens is 252 g/mol. The first kappa shape index (κ1) is 14.3. The molecule has 1 amide bonds. The molecule has 2 N–H and O–H groups in total. The normalized spacial score (nSPS) is 12.2. The van der Waals surface area contributed by atoms with Crippen LogP contribution in [-0.4, -0.2) is 29.8 Å². The summed E-state index contributed by atoms with van der Waals surface area (Å²) in [4.78, 5) is 11.5. The molecule has 106 valence electrons. The zero-order chi connectivity index (χ0) is 14.5. The van der Waals surface area contributed by atoms with Gasteiger partial charge in [-0.05, 0) is 37.2 Å². The summed E-state index contributed by atoms with van der Waals surface area (Å²) in [7, 11) is 3.56. The molecule has 0 bridgehead atoms. The van der Waals surface area contributed by atoms with E-state index in [1.807, 2.05) is 19.2 Å². The summed E-state index contributed by atoms with van der Waals surface area (Å²) in [6, 6.07) is 10.3. The third kappa shape index (κ3) is 2.88. The third-order valence-electron chi connectivity index (χ3n) is 3.37. The van der Waals surface area contributed by atoms with Crippen LogP contribution in [0.25, 0.3) is 5.69 Å². The summed E-state index contributed by atoms with van der Waals surface area (Å²) >= 11 is 0. The van der Waals surface area contributed by atoms with Crippen molar-refractivity contribution in [1.29, 1.82) is 0 Å². The van der Waals surface area contributed by atoms with E-state index in [2.05, 4.69) is 34.8 Å². The van der Waals surface area contributed by atoms with Gasteiger partial charge in [-0.15, -0.1) is 0 Å². The van der Waals surface area contributed by atoms with Crippen LogP contribution in [0.1, 0.15) is 35.4 Å². The summed E-state index contributed by atoms with van der Waals surface area (Å²) in [6.07, 6.45) is 2.83. The zero-order valence-corrected chi connectivity index (χ0v) is 12.1. The van der Waals surface area contributed by atoms with Crippen LogP contribution in [0.5, 0.6) is 0 Å². The van der Waals surface area contributed by atoms with E-state index in [0.717, 1.165) is 12.1 Å². The summed E-state index contributed by atoms with van der Waals surface area (Å²) in [5.41, 5.74) is 2.60. The minimum atomic E-state index is -0.179. The summed E-state index contributed by atoms with van der Waals surface area (Å²) < 4.78 is 1.70. The van der Waals surface area contributed by atoms with Crippen molar-refractivity contribution in [3.8, 4) is 5.69 Å². The summed E-state index contributed by atoms with van der Waals surface area (Å²) in [5.74, 6) is -0.179. The fourth-order valence-electron chi connectivity index (χ4n) is 2.18. The Morgan fingerprint density at radius 1 is 1.25 bits per heavy atom. The molecule has 0 aliphatic carbocycles. The number of hydrogen-bond donors (Lipinski definition) is 2. The molecule has 1 atom stereocenters. The predicted molar refractivity (Wildman–Crippen MR) is 79.0 cm³/mol. The number of nitrogens with zero attached hydrogens (tertiary/aromatic N) is 2. The van der Waals surface area contributed by atoms with Crippen molar-refractivity contribution in [3.63, 3.8) is 0 Å². The smallest absolute Gasteiger partial charge is 0.271 e. The Hall–Kier alpha value is -2.14. The van der Waals surface area contributed by atoms with Gasteiger partial charge in [0, 0.05) is 19.3 Å². The molecule has 0 aliphatic rings. The highest BCUT2D eigenvalue weighted by Gasteiger charge is 2.09. The van der Waals surface area contributed by atoms with Crippen LogP contribution >= 0.6 is 0 Å². The van der Waals surface area contributed by atoms with E-state index in [9.17, 15) is 4.79 Å². The monoisotopic (exact) mass is 272 g/mol. The first-order chi connectivity index (χ1) is 9.69. The maximum absolute atomic E-state index is 11.5. The van der Waals surface area contributed by atoms with E-state index in [4.69, 9.17) is 0 Å². The lowest BCUT2D eigenvalue weighted by Gasteiger charge is -2.14. The fourth-order valence-corrected chi connectivity index (χ4v) is 2.18. The van der Waals surface area contributed by atoms with Gasteiger partial charge in [-0.25, -0.2) is 4.68 Å². The van der Waals surface area contributed by atoms with E-state index in [-0.39, 0.29) is 5.91 Å². The van der Waals surface area contributed by atoms with Gasteiger partial charge in [0.25, 0.3) is 5.91 Å². The van der Waals surface area contributed by atoms with Crippen LogP contribution in [0.15, 0.2) is 36.5 Å². The lowest BCUT2D eigenvalue weighted by atomic mass is 10.0. The Morgan fingerprint density at radius 3 is 2.50 bits per heavy atom. The van der Waals surface area contributed by atoms with Crippen molar-refractivity contribution in [2.24, 2.45) is 0 Å². The topological polar surface area (TPSA) is 59.0 Å². The number of amides is 1. The van der Waals surface area contributed by atoms with Crippen LogP contribution in [0.4, 0.5) is 0 Å². The van der Waals surface area contributed by atoms with Gasteiger partial charge in [-0.3, -0.25) is 4.79 Å². The maximum Gasteiger partial charge on any atom is 0.271 e. The number of rotatable bonds is 5. The molecule has 1 heterocycles. The first-order valence-corrected chi connectivity index (χ1v) is 6.75. The Morgan fingerprint density at radius 2 is 1.95 bits per heavy atom. The van der Waals surface area contributed by atoms with Crippen LogP contribution < -0.4 is 10.6 Å². The molecule has 2 rings (SSSR count). The van der Waals surface area contributed by atoms with E-state index < -0.39 is 0 Å². The highest BCUT2D eigenvalue weighted by atomic mass is 16.1. The number of hydrogen-bond acceptors (Lipinski definition) is 3. The molecule has 0 spiro atoms. The van der Waals surface area contributed by atoms with Crippen LogP contribution in [0.2, 0.25) is 0 Å². The lowest BCUT2D eigenvalue weighted by molar-refractivity contribution is 0.0957. The van der Waals surface area contributed by atoms with Crippen LogP contribution in [-0.2, 0) is 0 Å². The van der Waals surface area contributed by atoms with Gasteiger partial charge in [0.05, 0.1) is 5.69 Å². The molecule has 5 heteroatoms. The average Bonchev–Trinajstić information content (AvgIpc) is 2.98. The maximum atomic E-state index is 11.5. The van der Waals surface area contributed by atoms with E-state index in [1.165, 1.54) is 5.56 Å². The van der Waals surface area contributed by atoms with E-state index >= 15 is 0 Å². The summed E-state index contributed by atoms with van der Waals surface area (Å²) in [5, 5.41) is 10.1. The van der Waals surface area contributed by atoms with Gasteiger partial charge in [-0.1, -0.05) is 19.1 Å². The van der Waals surface area contributed by atoms with Gasteiger partial charge in [-0.2, -0.15) is 5.10 Å². The minimum Gasteiger partial charge on any atom is -0.354 e. The van der Waals surface area contributed by atoms with Gasteiger partial charge in [0.1, 0.15) is 0 Å². The van der Waals surface area contributed by atoms with Crippen LogP contribution in [0.3, 0.4) is 0 Å². The van der Waals surface area contributed by atoms with Gasteiger partial charge < -0.3 is 10.6 Å². The molecule has 5 nitrogen and oxygen atoms in total. The van der Waals surface area contributed by atoms with Crippen molar-refractivity contribution in [2.45, 2.75) is 19.4 Å². The average molecular weight is 272 g/mol. The number of carbonyl (C=O) groups is 1. The SMILES string of the molecule is CCC(NC)c1ccc(-n2ccc(C(=O)NC)n2)cc1. The standard InChI is InChI=1S/C15H20N4O/c1-4-13(16-2)11-5-7-12(8-6-11)19-10-9-14(18-19)15(20)17-3/h5-10,13,16H,4H2,1-3H3,(H,17,20). The highest BCUT2D eigenvalue weighted by Crippen LogP contribution is 2.18. The highest BCUT2D eigenvalue weighted by molar-refractivity contribution is 5.91. The Balaban J connectivity index is 2.21. The predicted octanol–water partition coefficient (Wildman–Crippen LogP) is 1.90. The Bertz CT molecular complexity index is 570. The molecule has 2 aromatic rings. The molecule has 0 saturated heterocycles. The number of carbonyl (C=O) groups excluding carboxylic acids is 1. The third-order valence-corrected chi connectivity index (χ3v) is 3.37. The van der Waals surface area contributed by atoms with Gasteiger partial charge in [0.15, 0.2) is 5.69 Å². The quantitative estimate of drug-likeness (QED) is 0.874. The van der Waals surface area contributed by atoms with Gasteiger partial charge in [0.2, 0.25) is 0 Å². The Kier molecular flexibility index (Phi) is 4.53. The summed E-state index contributed by atoms with van der Waals surface area (Å²) in [6.45, 7) is 2.15. The van der Waals surface area contributed by atoms with Crippen molar-refractivity contribution in [3.05, 3.63) is 47.8 Å². The second-order valence-corrected chi connectivity index (χ2v) is 4.57. The Labute approximate surface area is 119 Å². The molecular formula is C15H20N4O. The molecule has 1 aromatic carbocycles. The second kappa shape index (κ2) is 6.34. The second-order valence-electron chi connectivity index (χ2n) is 4.57. The van der Waals surface area contributed by atoms with Crippen LogP contribution in [0, 0.1) is 0 Å². The number of nitrogens with one attached hydrogen (secondary N) is 2. The van der Waals surface area contributed by atoms with Crippen molar-refractivity contribution < 1.29 is 4.79 Å².